The van der Waals surface area contributed by atoms with Crippen LogP contribution in [0.15, 0.2) is 36.5 Å². The van der Waals surface area contributed by atoms with E-state index in [4.69, 9.17) is 23.2 Å². The van der Waals surface area contributed by atoms with Gasteiger partial charge in [-0.3, -0.25) is 4.79 Å². The van der Waals surface area contributed by atoms with Crippen LogP contribution < -0.4 is 0 Å². The van der Waals surface area contributed by atoms with E-state index in [1.807, 2.05) is 24.3 Å². The van der Waals surface area contributed by atoms with Gasteiger partial charge in [0.05, 0.1) is 10.0 Å². The van der Waals surface area contributed by atoms with Crippen molar-refractivity contribution < 1.29 is 4.79 Å². The SMILES string of the molecule is O=C(c1ccccc1C1CCC1)c1ncc(Cl)cc1Cl. The summed E-state index contributed by atoms with van der Waals surface area (Å²) in [7, 11) is 0. The summed E-state index contributed by atoms with van der Waals surface area (Å²) < 4.78 is 0. The van der Waals surface area contributed by atoms with E-state index in [-0.39, 0.29) is 11.5 Å². The minimum Gasteiger partial charge on any atom is -0.287 e. The molecule has 0 N–H and O–H groups in total. The van der Waals surface area contributed by atoms with E-state index in [1.165, 1.54) is 12.6 Å². The number of carbonyl (C=O) groups is 1. The molecule has 0 bridgehead atoms. The molecule has 4 heteroatoms. The summed E-state index contributed by atoms with van der Waals surface area (Å²) in [6.45, 7) is 0. The number of nitrogens with zero attached hydrogens (tertiary/aromatic N) is 1. The molecule has 0 radical (unpaired) electrons. The van der Waals surface area contributed by atoms with Crippen LogP contribution in [-0.4, -0.2) is 10.8 Å². The molecule has 1 aliphatic rings. The summed E-state index contributed by atoms with van der Waals surface area (Å²) in [5.41, 5.74) is 2.08. The standard InChI is InChI=1S/C16H13Cl2NO/c17-11-8-14(18)15(19-9-11)16(20)13-7-2-1-6-12(13)10-4-3-5-10/h1-2,6-10H,3-5H2. The monoisotopic (exact) mass is 305 g/mol. The molecule has 0 amide bonds. The van der Waals surface area contributed by atoms with Gasteiger partial charge in [0.1, 0.15) is 5.69 Å². The van der Waals surface area contributed by atoms with Crippen molar-refractivity contribution in [3.8, 4) is 0 Å². The highest BCUT2D eigenvalue weighted by molar-refractivity contribution is 6.37. The highest BCUT2D eigenvalue weighted by Gasteiger charge is 2.25. The molecule has 1 heterocycles. The van der Waals surface area contributed by atoms with Gasteiger partial charge in [-0.15, -0.1) is 0 Å². The maximum absolute atomic E-state index is 12.7. The first-order valence-corrected chi connectivity index (χ1v) is 7.37. The van der Waals surface area contributed by atoms with E-state index in [0.29, 0.717) is 21.5 Å². The number of halogens is 2. The predicted octanol–water partition coefficient (Wildman–Crippen LogP) is 4.89. The van der Waals surface area contributed by atoms with Crippen LogP contribution in [0.3, 0.4) is 0 Å². The molecule has 1 saturated carbocycles. The summed E-state index contributed by atoms with van der Waals surface area (Å²) in [6, 6.07) is 9.28. The Morgan fingerprint density at radius 1 is 1.20 bits per heavy atom. The largest absolute Gasteiger partial charge is 0.287 e. The molecule has 2 nitrogen and oxygen atoms in total. The Bertz CT molecular complexity index is 665. The number of rotatable bonds is 3. The van der Waals surface area contributed by atoms with E-state index < -0.39 is 0 Å². The lowest BCUT2D eigenvalue weighted by Gasteiger charge is -2.27. The first-order chi connectivity index (χ1) is 9.66. The molecule has 1 aliphatic carbocycles. The predicted molar refractivity (Wildman–Crippen MR) is 80.7 cm³/mol. The fraction of sp³-hybridized carbons (Fsp3) is 0.250. The molecule has 2 aromatic rings. The summed E-state index contributed by atoms with van der Waals surface area (Å²) in [5, 5.41) is 0.727. The van der Waals surface area contributed by atoms with Gasteiger partial charge in [0.2, 0.25) is 5.78 Å². The topological polar surface area (TPSA) is 30.0 Å². The molecule has 0 saturated heterocycles. The second-order valence-electron chi connectivity index (χ2n) is 5.03. The van der Waals surface area contributed by atoms with E-state index in [2.05, 4.69) is 4.98 Å². The Hall–Kier alpha value is -1.38. The number of pyridine rings is 1. The van der Waals surface area contributed by atoms with Crippen LogP contribution in [0.4, 0.5) is 0 Å². The van der Waals surface area contributed by atoms with Gasteiger partial charge in [-0.2, -0.15) is 0 Å². The Labute approximate surface area is 127 Å². The van der Waals surface area contributed by atoms with Gasteiger partial charge in [-0.1, -0.05) is 53.9 Å². The highest BCUT2D eigenvalue weighted by atomic mass is 35.5. The number of benzene rings is 1. The molecule has 0 atom stereocenters. The first kappa shape index (κ1) is 13.6. The zero-order valence-electron chi connectivity index (χ0n) is 10.8. The van der Waals surface area contributed by atoms with Gasteiger partial charge >= 0.3 is 0 Å². The van der Waals surface area contributed by atoms with Gasteiger partial charge in [0.15, 0.2) is 0 Å². The average Bonchev–Trinajstić information content (AvgIpc) is 2.37. The maximum atomic E-state index is 12.7. The van der Waals surface area contributed by atoms with Crippen molar-refractivity contribution in [1.82, 2.24) is 4.98 Å². The van der Waals surface area contributed by atoms with Gasteiger partial charge in [-0.05, 0) is 30.4 Å². The number of ketones is 1. The number of hydrogen-bond donors (Lipinski definition) is 0. The zero-order chi connectivity index (χ0) is 14.1. The molecular formula is C16H13Cl2NO. The third-order valence-corrected chi connectivity index (χ3v) is 4.27. The van der Waals surface area contributed by atoms with Crippen LogP contribution >= 0.6 is 23.2 Å². The summed E-state index contributed by atoms with van der Waals surface area (Å²) in [6.07, 6.45) is 4.97. The summed E-state index contributed by atoms with van der Waals surface area (Å²) in [4.78, 5) is 16.7. The quantitative estimate of drug-likeness (QED) is 0.756. The lowest BCUT2D eigenvalue weighted by atomic mass is 9.77. The first-order valence-electron chi connectivity index (χ1n) is 6.61. The Morgan fingerprint density at radius 3 is 2.60 bits per heavy atom. The lowest BCUT2D eigenvalue weighted by Crippen LogP contribution is -2.15. The Balaban J connectivity index is 2.02. The molecule has 102 valence electrons. The van der Waals surface area contributed by atoms with E-state index in [1.54, 1.807) is 6.07 Å². The van der Waals surface area contributed by atoms with Crippen molar-refractivity contribution in [2.24, 2.45) is 0 Å². The van der Waals surface area contributed by atoms with Crippen molar-refractivity contribution in [1.29, 1.82) is 0 Å². The molecule has 1 fully saturated rings. The van der Waals surface area contributed by atoms with Crippen molar-refractivity contribution in [3.63, 3.8) is 0 Å². The fourth-order valence-corrected chi connectivity index (χ4v) is 2.95. The van der Waals surface area contributed by atoms with E-state index in [0.717, 1.165) is 18.4 Å². The van der Waals surface area contributed by atoms with Gasteiger partial charge in [-0.25, -0.2) is 4.98 Å². The lowest BCUT2D eigenvalue weighted by molar-refractivity contribution is 0.103. The average molecular weight is 306 g/mol. The van der Waals surface area contributed by atoms with Crippen molar-refractivity contribution >= 4 is 29.0 Å². The fourth-order valence-electron chi connectivity index (χ4n) is 2.49. The smallest absolute Gasteiger partial charge is 0.213 e. The van der Waals surface area contributed by atoms with E-state index in [9.17, 15) is 4.79 Å². The second-order valence-corrected chi connectivity index (χ2v) is 5.87. The van der Waals surface area contributed by atoms with Crippen LogP contribution in [0.1, 0.15) is 46.8 Å². The third kappa shape index (κ3) is 2.46. The molecule has 0 unspecified atom stereocenters. The normalized spacial score (nSPS) is 14.9. The molecule has 1 aromatic carbocycles. The van der Waals surface area contributed by atoms with Gasteiger partial charge in [0.25, 0.3) is 0 Å². The summed E-state index contributed by atoms with van der Waals surface area (Å²) >= 11 is 11.9. The number of carbonyl (C=O) groups excluding carboxylic acids is 1. The van der Waals surface area contributed by atoms with Crippen LogP contribution in [0.5, 0.6) is 0 Å². The minimum absolute atomic E-state index is 0.130. The van der Waals surface area contributed by atoms with Gasteiger partial charge in [0, 0.05) is 11.8 Å². The molecule has 1 aromatic heterocycles. The van der Waals surface area contributed by atoms with Crippen molar-refractivity contribution in [3.05, 3.63) is 63.4 Å². The third-order valence-electron chi connectivity index (χ3n) is 3.77. The minimum atomic E-state index is -0.130. The molecule has 0 spiro atoms. The van der Waals surface area contributed by atoms with E-state index >= 15 is 0 Å². The van der Waals surface area contributed by atoms with Crippen molar-refractivity contribution in [2.45, 2.75) is 25.2 Å². The van der Waals surface area contributed by atoms with Gasteiger partial charge < -0.3 is 0 Å². The number of hydrogen-bond acceptors (Lipinski definition) is 2. The van der Waals surface area contributed by atoms with Crippen LogP contribution in [-0.2, 0) is 0 Å². The molecule has 0 aliphatic heterocycles. The van der Waals surface area contributed by atoms with Crippen molar-refractivity contribution in [2.75, 3.05) is 0 Å². The zero-order valence-corrected chi connectivity index (χ0v) is 12.3. The van der Waals surface area contributed by atoms with Crippen LogP contribution in [0.25, 0.3) is 0 Å². The molecular weight excluding hydrogens is 293 g/mol. The Kier molecular flexibility index (Phi) is 3.77. The number of aromatic nitrogens is 1. The van der Waals surface area contributed by atoms with Crippen LogP contribution in [0, 0.1) is 0 Å². The van der Waals surface area contributed by atoms with Crippen LogP contribution in [0.2, 0.25) is 10.0 Å². The molecule has 3 rings (SSSR count). The Morgan fingerprint density at radius 2 is 1.95 bits per heavy atom. The highest BCUT2D eigenvalue weighted by Crippen LogP contribution is 2.38. The second kappa shape index (κ2) is 5.55. The molecule has 20 heavy (non-hydrogen) atoms. The summed E-state index contributed by atoms with van der Waals surface area (Å²) in [5.74, 6) is 0.357. The maximum Gasteiger partial charge on any atom is 0.213 e.